The largest absolute Gasteiger partial charge is 0.300 e. The van der Waals surface area contributed by atoms with Crippen LogP contribution in [-0.2, 0) is 4.79 Å². The quantitative estimate of drug-likeness (QED) is 0.832. The fraction of sp³-hybridized carbons (Fsp3) is 0.571. The third kappa shape index (κ3) is 4.23. The zero-order chi connectivity index (χ0) is 9.68. The van der Waals surface area contributed by atoms with Crippen molar-refractivity contribution < 1.29 is 4.79 Å². The number of nitrogens with zero attached hydrogens (tertiary/aromatic N) is 2. The van der Waals surface area contributed by atoms with E-state index in [4.69, 9.17) is 0 Å². The summed E-state index contributed by atoms with van der Waals surface area (Å²) in [6.07, 6.45) is 0. The van der Waals surface area contributed by atoms with Gasteiger partial charge in [-0.05, 0) is 5.25 Å². The zero-order valence-corrected chi connectivity index (χ0v) is 9.11. The summed E-state index contributed by atoms with van der Waals surface area (Å²) in [4.78, 5) is 11.2. The Morgan fingerprint density at radius 1 is 1.77 bits per heavy atom. The molecule has 1 aromatic heterocycles. The molecule has 6 heteroatoms. The van der Waals surface area contributed by atoms with Crippen LogP contribution in [0.15, 0.2) is 5.51 Å². The number of hydrogen-bond acceptors (Lipinski definition) is 5. The van der Waals surface area contributed by atoms with E-state index in [9.17, 15) is 4.79 Å². The summed E-state index contributed by atoms with van der Waals surface area (Å²) >= 11 is 2.93. The molecule has 72 valence electrons. The van der Waals surface area contributed by atoms with Gasteiger partial charge in [0.15, 0.2) is 0 Å². The summed E-state index contributed by atoms with van der Waals surface area (Å²) in [5, 5.41) is 11.0. The average Bonchev–Trinajstić information content (AvgIpc) is 2.53. The lowest BCUT2D eigenvalue weighted by Gasteiger charge is -2.03. The van der Waals surface area contributed by atoms with E-state index in [0.29, 0.717) is 16.1 Å². The predicted molar refractivity (Wildman–Crippen MR) is 56.1 cm³/mol. The lowest BCUT2D eigenvalue weighted by atomic mass is 10.6. The molecule has 1 aromatic rings. The topological polar surface area (TPSA) is 54.9 Å². The molecule has 0 spiro atoms. The van der Waals surface area contributed by atoms with Crippen molar-refractivity contribution in [3.63, 3.8) is 0 Å². The highest BCUT2D eigenvalue weighted by atomic mass is 32.2. The third-order valence-corrected chi connectivity index (χ3v) is 2.86. The Morgan fingerprint density at radius 3 is 3.08 bits per heavy atom. The monoisotopic (exact) mass is 217 g/mol. The summed E-state index contributed by atoms with van der Waals surface area (Å²) in [5.41, 5.74) is 1.59. The Kier molecular flexibility index (Phi) is 4.17. The molecule has 0 bridgehead atoms. The minimum absolute atomic E-state index is 0.0181. The number of amides is 1. The first-order valence-electron chi connectivity index (χ1n) is 3.86. The van der Waals surface area contributed by atoms with Crippen LogP contribution in [0.4, 0.5) is 5.13 Å². The molecule has 13 heavy (non-hydrogen) atoms. The van der Waals surface area contributed by atoms with E-state index in [0.717, 1.165) is 0 Å². The van der Waals surface area contributed by atoms with Crippen molar-refractivity contribution in [1.82, 2.24) is 10.2 Å². The highest BCUT2D eigenvalue weighted by Crippen LogP contribution is 2.11. The molecular weight excluding hydrogens is 206 g/mol. The van der Waals surface area contributed by atoms with Crippen LogP contribution in [0.3, 0.4) is 0 Å². The number of thioether (sulfide) groups is 1. The van der Waals surface area contributed by atoms with Gasteiger partial charge in [0.2, 0.25) is 11.0 Å². The summed E-state index contributed by atoms with van der Waals surface area (Å²) in [7, 11) is 0. The van der Waals surface area contributed by atoms with E-state index in [-0.39, 0.29) is 5.91 Å². The van der Waals surface area contributed by atoms with Gasteiger partial charge < -0.3 is 0 Å². The lowest BCUT2D eigenvalue weighted by Crippen LogP contribution is -2.15. The van der Waals surface area contributed by atoms with Crippen molar-refractivity contribution in [3.8, 4) is 0 Å². The van der Waals surface area contributed by atoms with Gasteiger partial charge in [-0.2, -0.15) is 0 Å². The number of nitrogens with one attached hydrogen (secondary N) is 1. The number of hydrogen-bond donors (Lipinski definition) is 1. The standard InChI is InChI=1S/C7H11N3OS2/c1-5(2)12-3-6(11)9-7-10-8-4-13-7/h4-5H,3H2,1-2H3,(H,9,10,11). The Balaban J connectivity index is 2.26. The summed E-state index contributed by atoms with van der Waals surface area (Å²) in [6.45, 7) is 4.12. The lowest BCUT2D eigenvalue weighted by molar-refractivity contribution is -0.113. The van der Waals surface area contributed by atoms with Crippen LogP contribution < -0.4 is 5.32 Å². The first-order valence-corrected chi connectivity index (χ1v) is 5.79. The second kappa shape index (κ2) is 5.18. The van der Waals surface area contributed by atoms with Crippen LogP contribution in [0.1, 0.15) is 13.8 Å². The van der Waals surface area contributed by atoms with Crippen LogP contribution in [0.25, 0.3) is 0 Å². The van der Waals surface area contributed by atoms with E-state index < -0.39 is 0 Å². The number of carbonyl (C=O) groups excluding carboxylic acids is 1. The molecule has 0 aliphatic carbocycles. The zero-order valence-electron chi connectivity index (χ0n) is 7.48. The van der Waals surface area contributed by atoms with Crippen LogP contribution in [0, 0.1) is 0 Å². The Hall–Kier alpha value is -0.620. The first-order chi connectivity index (χ1) is 6.18. The minimum Gasteiger partial charge on any atom is -0.300 e. The predicted octanol–water partition coefficient (Wildman–Crippen LogP) is 1.62. The van der Waals surface area contributed by atoms with Crippen LogP contribution in [0.5, 0.6) is 0 Å². The van der Waals surface area contributed by atoms with Gasteiger partial charge in [0, 0.05) is 0 Å². The van der Waals surface area contributed by atoms with Gasteiger partial charge in [-0.1, -0.05) is 25.2 Å². The maximum absolute atomic E-state index is 11.2. The van der Waals surface area contributed by atoms with Crippen LogP contribution in [-0.4, -0.2) is 27.1 Å². The van der Waals surface area contributed by atoms with Gasteiger partial charge in [-0.15, -0.1) is 22.0 Å². The Labute approximate surface area is 85.1 Å². The summed E-state index contributed by atoms with van der Waals surface area (Å²) in [6, 6.07) is 0. The van der Waals surface area contributed by atoms with Gasteiger partial charge >= 0.3 is 0 Å². The van der Waals surface area contributed by atoms with E-state index >= 15 is 0 Å². The molecule has 0 fully saturated rings. The molecule has 1 amide bonds. The molecule has 0 aromatic carbocycles. The van der Waals surface area contributed by atoms with Crippen molar-refractivity contribution in [1.29, 1.82) is 0 Å². The fourth-order valence-corrected chi connectivity index (χ4v) is 1.64. The SMILES string of the molecule is CC(C)SCC(=O)Nc1nncs1. The fourth-order valence-electron chi connectivity index (χ4n) is 0.625. The van der Waals surface area contributed by atoms with Gasteiger partial charge in [-0.25, -0.2) is 0 Å². The van der Waals surface area contributed by atoms with Gasteiger partial charge in [0.25, 0.3) is 0 Å². The average molecular weight is 217 g/mol. The Morgan fingerprint density at radius 2 is 2.54 bits per heavy atom. The molecular formula is C7H11N3OS2. The molecule has 1 N–H and O–H groups in total. The highest BCUT2D eigenvalue weighted by Gasteiger charge is 2.05. The Bertz CT molecular complexity index is 261. The second-order valence-electron chi connectivity index (χ2n) is 2.65. The molecule has 1 rings (SSSR count). The molecule has 0 atom stereocenters. The van der Waals surface area contributed by atoms with Crippen molar-refractivity contribution in [2.75, 3.05) is 11.1 Å². The molecule has 0 aliphatic heterocycles. The molecule has 0 unspecified atom stereocenters. The van der Waals surface area contributed by atoms with Crippen molar-refractivity contribution in [2.24, 2.45) is 0 Å². The minimum atomic E-state index is -0.0181. The maximum atomic E-state index is 11.2. The molecule has 4 nitrogen and oxygen atoms in total. The van der Waals surface area contributed by atoms with Crippen molar-refractivity contribution in [3.05, 3.63) is 5.51 Å². The smallest absolute Gasteiger partial charge is 0.236 e. The summed E-state index contributed by atoms with van der Waals surface area (Å²) in [5.74, 6) is 0.451. The van der Waals surface area contributed by atoms with Gasteiger partial charge in [0.1, 0.15) is 5.51 Å². The second-order valence-corrected chi connectivity index (χ2v) is 5.05. The van der Waals surface area contributed by atoms with E-state index in [1.807, 2.05) is 0 Å². The van der Waals surface area contributed by atoms with Gasteiger partial charge in [-0.3, -0.25) is 10.1 Å². The maximum Gasteiger partial charge on any atom is 0.236 e. The van der Waals surface area contributed by atoms with Crippen molar-refractivity contribution >= 4 is 34.1 Å². The molecule has 1 heterocycles. The van der Waals surface area contributed by atoms with Crippen LogP contribution >= 0.6 is 23.1 Å². The van der Waals surface area contributed by atoms with E-state index in [2.05, 4.69) is 29.4 Å². The number of aromatic nitrogens is 2. The number of carbonyl (C=O) groups is 1. The molecule has 0 saturated carbocycles. The molecule has 0 radical (unpaired) electrons. The van der Waals surface area contributed by atoms with E-state index in [1.165, 1.54) is 11.3 Å². The number of rotatable bonds is 4. The molecule has 0 saturated heterocycles. The van der Waals surface area contributed by atoms with Gasteiger partial charge in [0.05, 0.1) is 5.75 Å². The van der Waals surface area contributed by atoms with Crippen molar-refractivity contribution in [2.45, 2.75) is 19.1 Å². The van der Waals surface area contributed by atoms with Crippen LogP contribution in [0.2, 0.25) is 0 Å². The third-order valence-electron chi connectivity index (χ3n) is 1.15. The van der Waals surface area contributed by atoms with E-state index in [1.54, 1.807) is 17.3 Å². The summed E-state index contributed by atoms with van der Waals surface area (Å²) < 4.78 is 0. The normalized spacial score (nSPS) is 10.4. The first kappa shape index (κ1) is 10.5. The number of anilines is 1. The molecule has 0 aliphatic rings. The highest BCUT2D eigenvalue weighted by molar-refractivity contribution is 8.00.